The first-order chi connectivity index (χ1) is 13.9. The Bertz CT molecular complexity index is 1110. The molecule has 0 fully saturated rings. The maximum absolute atomic E-state index is 11.9. The molecule has 2 heterocycles. The van der Waals surface area contributed by atoms with Crippen LogP contribution in [0.4, 0.5) is 5.82 Å². The summed E-state index contributed by atoms with van der Waals surface area (Å²) < 4.78 is 16.0. The van der Waals surface area contributed by atoms with Gasteiger partial charge in [-0.2, -0.15) is 0 Å². The molecule has 0 atom stereocenters. The standard InChI is InChI=1S/C22H23N3O4/c1-12(2)25(4)21-19(15-8-13(3)20-18(10-15)28-11-29-20)23-16-7-6-14(22(26)27-5)9-17(16)24-21/h6-10,12H,11H2,1-5H3. The lowest BCUT2D eigenvalue weighted by Gasteiger charge is -2.25. The van der Waals surface area contributed by atoms with Crippen molar-refractivity contribution >= 4 is 22.8 Å². The molecule has 0 unspecified atom stereocenters. The molecule has 4 rings (SSSR count). The van der Waals surface area contributed by atoms with Crippen molar-refractivity contribution in [3.63, 3.8) is 0 Å². The lowest BCUT2D eigenvalue weighted by Crippen LogP contribution is -2.27. The predicted molar refractivity (Wildman–Crippen MR) is 111 cm³/mol. The fourth-order valence-corrected chi connectivity index (χ4v) is 3.30. The maximum Gasteiger partial charge on any atom is 0.337 e. The normalized spacial score (nSPS) is 12.5. The SMILES string of the molecule is COC(=O)c1ccc2nc(-c3cc(C)c4c(c3)OCO4)c(N(C)C(C)C)nc2c1. The summed E-state index contributed by atoms with van der Waals surface area (Å²) in [5.74, 6) is 1.81. The fourth-order valence-electron chi connectivity index (χ4n) is 3.30. The topological polar surface area (TPSA) is 73.8 Å². The third-order valence-electron chi connectivity index (χ3n) is 5.11. The summed E-state index contributed by atoms with van der Waals surface area (Å²) in [6.45, 7) is 6.38. The van der Waals surface area contributed by atoms with Crippen molar-refractivity contribution in [1.29, 1.82) is 0 Å². The second-order valence-corrected chi connectivity index (χ2v) is 7.32. The van der Waals surface area contributed by atoms with Gasteiger partial charge in [0, 0.05) is 18.7 Å². The molecule has 29 heavy (non-hydrogen) atoms. The number of carbonyl (C=O) groups excluding carboxylic acids is 1. The molecular weight excluding hydrogens is 370 g/mol. The quantitative estimate of drug-likeness (QED) is 0.621. The van der Waals surface area contributed by atoms with Crippen LogP contribution in [0.2, 0.25) is 0 Å². The van der Waals surface area contributed by atoms with Gasteiger partial charge in [-0.05, 0) is 56.7 Å². The predicted octanol–water partition coefficient (Wildman–Crippen LogP) is 3.97. The molecule has 7 heteroatoms. The first-order valence-corrected chi connectivity index (χ1v) is 9.42. The highest BCUT2D eigenvalue weighted by atomic mass is 16.7. The molecule has 0 saturated heterocycles. The molecular formula is C22H23N3O4. The number of carbonyl (C=O) groups is 1. The van der Waals surface area contributed by atoms with Gasteiger partial charge in [0.05, 0.1) is 23.7 Å². The van der Waals surface area contributed by atoms with Gasteiger partial charge in [0.25, 0.3) is 0 Å². The Morgan fingerprint density at radius 2 is 1.93 bits per heavy atom. The number of esters is 1. The van der Waals surface area contributed by atoms with Crippen molar-refractivity contribution in [2.24, 2.45) is 0 Å². The lowest BCUT2D eigenvalue weighted by molar-refractivity contribution is 0.0601. The number of aromatic nitrogens is 2. The van der Waals surface area contributed by atoms with E-state index in [4.69, 9.17) is 24.2 Å². The van der Waals surface area contributed by atoms with Crippen LogP contribution in [-0.2, 0) is 4.74 Å². The molecule has 0 saturated carbocycles. The minimum absolute atomic E-state index is 0.208. The third kappa shape index (κ3) is 3.33. The summed E-state index contributed by atoms with van der Waals surface area (Å²) >= 11 is 0. The highest BCUT2D eigenvalue weighted by Crippen LogP contribution is 2.41. The van der Waals surface area contributed by atoms with Crippen LogP contribution in [0.15, 0.2) is 30.3 Å². The van der Waals surface area contributed by atoms with Crippen molar-refractivity contribution in [3.8, 4) is 22.8 Å². The minimum atomic E-state index is -0.400. The zero-order valence-electron chi connectivity index (χ0n) is 17.1. The van der Waals surface area contributed by atoms with Gasteiger partial charge in [-0.1, -0.05) is 0 Å². The fraction of sp³-hybridized carbons (Fsp3) is 0.318. The molecule has 0 aliphatic carbocycles. The number of nitrogens with zero attached hydrogens (tertiary/aromatic N) is 3. The first kappa shape index (κ1) is 19.0. The largest absolute Gasteiger partial charge is 0.465 e. The van der Waals surface area contributed by atoms with Crippen molar-refractivity contribution in [3.05, 3.63) is 41.5 Å². The van der Waals surface area contributed by atoms with Crippen LogP contribution in [0.1, 0.15) is 29.8 Å². The van der Waals surface area contributed by atoms with E-state index in [-0.39, 0.29) is 12.8 Å². The molecule has 0 bridgehead atoms. The molecule has 7 nitrogen and oxygen atoms in total. The summed E-state index contributed by atoms with van der Waals surface area (Å²) in [5, 5.41) is 0. The summed E-state index contributed by atoms with van der Waals surface area (Å²) in [4.78, 5) is 23.7. The second-order valence-electron chi connectivity index (χ2n) is 7.32. The Morgan fingerprint density at radius 3 is 2.66 bits per heavy atom. The van der Waals surface area contributed by atoms with Crippen LogP contribution in [0, 0.1) is 6.92 Å². The summed E-state index contributed by atoms with van der Waals surface area (Å²) in [6.07, 6.45) is 0. The monoisotopic (exact) mass is 393 g/mol. The highest BCUT2D eigenvalue weighted by molar-refractivity contribution is 5.94. The number of methoxy groups -OCH3 is 1. The van der Waals surface area contributed by atoms with Crippen LogP contribution in [-0.4, -0.2) is 42.9 Å². The Balaban J connectivity index is 1.93. The molecule has 1 aliphatic heterocycles. The van der Waals surface area contributed by atoms with Crippen molar-refractivity contribution in [2.75, 3.05) is 25.9 Å². The van der Waals surface area contributed by atoms with Crippen LogP contribution in [0.25, 0.3) is 22.3 Å². The molecule has 0 radical (unpaired) electrons. The number of rotatable bonds is 4. The zero-order chi connectivity index (χ0) is 20.7. The van der Waals surface area contributed by atoms with E-state index in [0.29, 0.717) is 22.3 Å². The maximum atomic E-state index is 11.9. The Hall–Kier alpha value is -3.35. The van der Waals surface area contributed by atoms with Gasteiger partial charge in [-0.3, -0.25) is 0 Å². The van der Waals surface area contributed by atoms with Crippen molar-refractivity contribution in [1.82, 2.24) is 9.97 Å². The van der Waals surface area contributed by atoms with Crippen LogP contribution < -0.4 is 14.4 Å². The van der Waals surface area contributed by atoms with E-state index in [1.54, 1.807) is 18.2 Å². The average Bonchev–Trinajstić information content (AvgIpc) is 3.20. The van der Waals surface area contributed by atoms with Crippen molar-refractivity contribution < 1.29 is 19.0 Å². The van der Waals surface area contributed by atoms with E-state index in [0.717, 1.165) is 28.4 Å². The lowest BCUT2D eigenvalue weighted by atomic mass is 10.1. The number of hydrogen-bond acceptors (Lipinski definition) is 7. The van der Waals surface area contributed by atoms with E-state index in [2.05, 4.69) is 18.7 Å². The molecule has 150 valence electrons. The van der Waals surface area contributed by atoms with E-state index in [9.17, 15) is 4.79 Å². The number of aryl methyl sites for hydroxylation is 1. The van der Waals surface area contributed by atoms with Gasteiger partial charge in [0.15, 0.2) is 17.3 Å². The minimum Gasteiger partial charge on any atom is -0.465 e. The molecule has 1 aliphatic rings. The molecule has 0 N–H and O–H groups in total. The first-order valence-electron chi connectivity index (χ1n) is 9.42. The van der Waals surface area contributed by atoms with E-state index in [1.807, 2.05) is 26.1 Å². The van der Waals surface area contributed by atoms with Gasteiger partial charge < -0.3 is 19.1 Å². The van der Waals surface area contributed by atoms with Crippen LogP contribution in [0.3, 0.4) is 0 Å². The molecule has 2 aromatic carbocycles. The third-order valence-corrected chi connectivity index (χ3v) is 5.11. The van der Waals surface area contributed by atoms with Gasteiger partial charge >= 0.3 is 5.97 Å². The summed E-state index contributed by atoms with van der Waals surface area (Å²) in [6, 6.07) is 9.37. The Morgan fingerprint density at radius 1 is 1.14 bits per heavy atom. The van der Waals surface area contributed by atoms with Gasteiger partial charge in [-0.25, -0.2) is 14.8 Å². The second kappa shape index (κ2) is 7.24. The van der Waals surface area contributed by atoms with Crippen LogP contribution in [0.5, 0.6) is 11.5 Å². The van der Waals surface area contributed by atoms with E-state index < -0.39 is 5.97 Å². The van der Waals surface area contributed by atoms with Crippen molar-refractivity contribution in [2.45, 2.75) is 26.8 Å². The molecule has 3 aromatic rings. The zero-order valence-corrected chi connectivity index (χ0v) is 17.1. The average molecular weight is 393 g/mol. The Labute approximate surface area is 169 Å². The highest BCUT2D eigenvalue weighted by Gasteiger charge is 2.22. The number of benzene rings is 2. The van der Waals surface area contributed by atoms with Crippen LogP contribution >= 0.6 is 0 Å². The van der Waals surface area contributed by atoms with Gasteiger partial charge in [-0.15, -0.1) is 0 Å². The number of hydrogen-bond donors (Lipinski definition) is 0. The molecule has 0 amide bonds. The smallest absolute Gasteiger partial charge is 0.337 e. The summed E-state index contributed by atoms with van der Waals surface area (Å²) in [7, 11) is 3.34. The van der Waals surface area contributed by atoms with E-state index in [1.165, 1.54) is 7.11 Å². The van der Waals surface area contributed by atoms with Gasteiger partial charge in [0.2, 0.25) is 6.79 Å². The number of ether oxygens (including phenoxy) is 3. The molecule has 1 aromatic heterocycles. The number of anilines is 1. The van der Waals surface area contributed by atoms with Gasteiger partial charge in [0.1, 0.15) is 5.69 Å². The Kier molecular flexibility index (Phi) is 4.74. The molecule has 0 spiro atoms. The summed E-state index contributed by atoms with van der Waals surface area (Å²) in [5.41, 5.74) is 4.41. The van der Waals surface area contributed by atoms with E-state index >= 15 is 0 Å². The number of fused-ring (bicyclic) bond motifs is 2.